The minimum Gasteiger partial charge on any atom is -0.493 e. The molecule has 1 N–H and O–H groups in total. The van der Waals surface area contributed by atoms with E-state index in [0.29, 0.717) is 35.3 Å². The van der Waals surface area contributed by atoms with Crippen LogP contribution in [0.5, 0.6) is 11.5 Å². The van der Waals surface area contributed by atoms with Gasteiger partial charge < -0.3 is 19.0 Å². The number of methoxy groups -OCH3 is 1. The van der Waals surface area contributed by atoms with E-state index >= 15 is 0 Å². The summed E-state index contributed by atoms with van der Waals surface area (Å²) in [5.74, 6) is 2.01. The Morgan fingerprint density at radius 1 is 1.26 bits per heavy atom. The molecule has 2 aromatic rings. The molecule has 0 unspecified atom stereocenters. The average Bonchev–Trinajstić information content (AvgIpc) is 2.92. The summed E-state index contributed by atoms with van der Waals surface area (Å²) in [7, 11) is 1.55. The van der Waals surface area contributed by atoms with E-state index < -0.39 is 0 Å². The SMILES string of the molecule is CCc1nnc(COc2c(CO)cccc2OC)o1. The standard InChI is InChI=1S/C13H16N2O4/c1-3-11-14-15-12(19-11)8-18-13-9(7-16)5-4-6-10(13)17-2/h4-6,16H,3,7-8H2,1-2H3. The van der Waals surface area contributed by atoms with Crippen LogP contribution in [0.4, 0.5) is 0 Å². The molecule has 0 bridgehead atoms. The molecule has 2 rings (SSSR count). The second-order valence-corrected chi connectivity index (χ2v) is 3.84. The minimum atomic E-state index is -0.128. The maximum absolute atomic E-state index is 9.29. The predicted molar refractivity (Wildman–Crippen MR) is 66.9 cm³/mol. The molecule has 0 fully saturated rings. The number of para-hydroxylation sites is 1. The maximum atomic E-state index is 9.29. The summed E-state index contributed by atoms with van der Waals surface area (Å²) in [6, 6.07) is 5.32. The van der Waals surface area contributed by atoms with E-state index in [1.165, 1.54) is 0 Å². The smallest absolute Gasteiger partial charge is 0.253 e. The minimum absolute atomic E-state index is 0.128. The maximum Gasteiger partial charge on any atom is 0.253 e. The lowest BCUT2D eigenvalue weighted by atomic mass is 10.2. The van der Waals surface area contributed by atoms with Crippen LogP contribution in [-0.2, 0) is 19.6 Å². The van der Waals surface area contributed by atoms with Crippen LogP contribution in [0, 0.1) is 0 Å². The predicted octanol–water partition coefficient (Wildman–Crippen LogP) is 1.71. The zero-order valence-corrected chi connectivity index (χ0v) is 10.9. The summed E-state index contributed by atoms with van der Waals surface area (Å²) in [6.45, 7) is 1.94. The molecule has 0 aliphatic heterocycles. The van der Waals surface area contributed by atoms with Gasteiger partial charge in [0.1, 0.15) is 0 Å². The monoisotopic (exact) mass is 264 g/mol. The number of aromatic nitrogens is 2. The Labute approximate surface area is 111 Å². The van der Waals surface area contributed by atoms with E-state index in [9.17, 15) is 5.11 Å². The first-order valence-corrected chi connectivity index (χ1v) is 5.99. The van der Waals surface area contributed by atoms with Crippen LogP contribution in [0.25, 0.3) is 0 Å². The van der Waals surface area contributed by atoms with E-state index in [1.54, 1.807) is 25.3 Å². The van der Waals surface area contributed by atoms with E-state index in [4.69, 9.17) is 13.9 Å². The summed E-state index contributed by atoms with van der Waals surface area (Å²) >= 11 is 0. The van der Waals surface area contributed by atoms with Gasteiger partial charge in [-0.25, -0.2) is 0 Å². The van der Waals surface area contributed by atoms with Crippen LogP contribution in [0.15, 0.2) is 22.6 Å². The number of aliphatic hydroxyl groups is 1. The number of ether oxygens (including phenoxy) is 2. The lowest BCUT2D eigenvalue weighted by Crippen LogP contribution is -2.01. The van der Waals surface area contributed by atoms with E-state index in [2.05, 4.69) is 10.2 Å². The number of aliphatic hydroxyl groups excluding tert-OH is 1. The fourth-order valence-corrected chi connectivity index (χ4v) is 1.63. The fraction of sp³-hybridized carbons (Fsp3) is 0.385. The van der Waals surface area contributed by atoms with Crippen LogP contribution >= 0.6 is 0 Å². The lowest BCUT2D eigenvalue weighted by Gasteiger charge is -2.12. The van der Waals surface area contributed by atoms with E-state index in [0.717, 1.165) is 0 Å². The van der Waals surface area contributed by atoms with Crippen LogP contribution in [0.3, 0.4) is 0 Å². The topological polar surface area (TPSA) is 77.6 Å². The van der Waals surface area contributed by atoms with Crippen molar-refractivity contribution in [2.75, 3.05) is 7.11 Å². The van der Waals surface area contributed by atoms with Crippen LogP contribution < -0.4 is 9.47 Å². The van der Waals surface area contributed by atoms with Crippen molar-refractivity contribution in [3.05, 3.63) is 35.5 Å². The molecule has 0 spiro atoms. The van der Waals surface area contributed by atoms with Gasteiger partial charge in [0.15, 0.2) is 18.1 Å². The van der Waals surface area contributed by atoms with Gasteiger partial charge in [0.2, 0.25) is 5.89 Å². The fourth-order valence-electron chi connectivity index (χ4n) is 1.63. The van der Waals surface area contributed by atoms with Crippen LogP contribution in [-0.4, -0.2) is 22.4 Å². The molecule has 0 radical (unpaired) electrons. The van der Waals surface area contributed by atoms with Gasteiger partial charge in [-0.1, -0.05) is 19.1 Å². The number of nitrogens with zero attached hydrogens (tertiary/aromatic N) is 2. The Morgan fingerprint density at radius 3 is 2.68 bits per heavy atom. The van der Waals surface area contributed by atoms with Crippen LogP contribution in [0.1, 0.15) is 24.3 Å². The van der Waals surface area contributed by atoms with Gasteiger partial charge in [-0.05, 0) is 6.07 Å². The Hall–Kier alpha value is -2.08. The first-order valence-electron chi connectivity index (χ1n) is 5.99. The number of benzene rings is 1. The second-order valence-electron chi connectivity index (χ2n) is 3.84. The molecular weight excluding hydrogens is 248 g/mol. The molecule has 1 aromatic carbocycles. The summed E-state index contributed by atoms with van der Waals surface area (Å²) in [4.78, 5) is 0. The molecular formula is C13H16N2O4. The molecule has 1 heterocycles. The highest BCUT2D eigenvalue weighted by atomic mass is 16.5. The van der Waals surface area contributed by atoms with Crippen molar-refractivity contribution < 1.29 is 19.0 Å². The highest BCUT2D eigenvalue weighted by Crippen LogP contribution is 2.31. The van der Waals surface area contributed by atoms with E-state index in [-0.39, 0.29) is 13.2 Å². The lowest BCUT2D eigenvalue weighted by molar-refractivity contribution is 0.229. The first kappa shape index (κ1) is 13.4. The van der Waals surface area contributed by atoms with Crippen molar-refractivity contribution in [3.63, 3.8) is 0 Å². The number of hydrogen-bond acceptors (Lipinski definition) is 6. The summed E-state index contributed by atoms with van der Waals surface area (Å²) in [6.07, 6.45) is 0.684. The number of aryl methyl sites for hydroxylation is 1. The van der Waals surface area contributed by atoms with Crippen molar-refractivity contribution >= 4 is 0 Å². The van der Waals surface area contributed by atoms with Crippen LogP contribution in [0.2, 0.25) is 0 Å². The van der Waals surface area contributed by atoms with Crippen molar-refractivity contribution in [2.45, 2.75) is 26.6 Å². The van der Waals surface area contributed by atoms with Crippen molar-refractivity contribution in [1.29, 1.82) is 0 Å². The number of hydrogen-bond donors (Lipinski definition) is 1. The molecule has 0 atom stereocenters. The van der Waals surface area contributed by atoms with E-state index in [1.807, 2.05) is 6.92 Å². The Balaban J connectivity index is 2.13. The van der Waals surface area contributed by atoms with Crippen molar-refractivity contribution in [2.24, 2.45) is 0 Å². The summed E-state index contributed by atoms with van der Waals surface area (Å²) in [5, 5.41) is 17.0. The summed E-state index contributed by atoms with van der Waals surface area (Å²) in [5.41, 5.74) is 0.648. The third kappa shape index (κ3) is 3.03. The van der Waals surface area contributed by atoms with Gasteiger partial charge in [0.25, 0.3) is 5.89 Å². The van der Waals surface area contributed by atoms with Crippen molar-refractivity contribution in [1.82, 2.24) is 10.2 Å². The largest absolute Gasteiger partial charge is 0.493 e. The molecule has 0 aliphatic rings. The highest BCUT2D eigenvalue weighted by Gasteiger charge is 2.12. The van der Waals surface area contributed by atoms with Gasteiger partial charge in [-0.2, -0.15) is 0 Å². The van der Waals surface area contributed by atoms with Gasteiger partial charge in [0.05, 0.1) is 13.7 Å². The molecule has 102 valence electrons. The van der Waals surface area contributed by atoms with Gasteiger partial charge >= 0.3 is 0 Å². The highest BCUT2D eigenvalue weighted by molar-refractivity contribution is 5.46. The van der Waals surface area contributed by atoms with Gasteiger partial charge in [0, 0.05) is 12.0 Å². The molecule has 0 saturated heterocycles. The molecule has 1 aromatic heterocycles. The third-order valence-electron chi connectivity index (χ3n) is 2.60. The third-order valence-corrected chi connectivity index (χ3v) is 2.60. The zero-order chi connectivity index (χ0) is 13.7. The van der Waals surface area contributed by atoms with Gasteiger partial charge in [-0.3, -0.25) is 0 Å². The molecule has 0 amide bonds. The first-order chi connectivity index (χ1) is 9.28. The average molecular weight is 264 g/mol. The second kappa shape index (κ2) is 6.19. The Kier molecular flexibility index (Phi) is 4.35. The Morgan fingerprint density at radius 2 is 2.05 bits per heavy atom. The molecule has 0 aliphatic carbocycles. The van der Waals surface area contributed by atoms with Crippen molar-refractivity contribution in [3.8, 4) is 11.5 Å². The normalized spacial score (nSPS) is 10.5. The molecule has 6 nitrogen and oxygen atoms in total. The molecule has 19 heavy (non-hydrogen) atoms. The zero-order valence-electron chi connectivity index (χ0n) is 10.9. The number of rotatable bonds is 6. The molecule has 6 heteroatoms. The Bertz CT molecular complexity index is 517. The van der Waals surface area contributed by atoms with Gasteiger partial charge in [-0.15, -0.1) is 10.2 Å². The molecule has 0 saturated carbocycles. The quantitative estimate of drug-likeness (QED) is 0.855. The summed E-state index contributed by atoms with van der Waals surface area (Å²) < 4.78 is 16.2.